The van der Waals surface area contributed by atoms with Gasteiger partial charge in [-0.1, -0.05) is 0 Å². The van der Waals surface area contributed by atoms with Crippen molar-refractivity contribution in [3.05, 3.63) is 12.3 Å². The third-order valence-electron chi connectivity index (χ3n) is 1.09. The molecule has 0 amide bonds. The Morgan fingerprint density at radius 2 is 2.64 bits per heavy atom. The first kappa shape index (κ1) is 8.00. The highest BCUT2D eigenvalue weighted by atomic mass is 32.1. The highest BCUT2D eigenvalue weighted by Gasteiger charge is 1.94. The van der Waals surface area contributed by atoms with Gasteiger partial charge < -0.3 is 10.6 Å². The average molecular weight is 170 g/mol. The van der Waals surface area contributed by atoms with Gasteiger partial charge >= 0.3 is 0 Å². The molecule has 0 radical (unpaired) electrons. The van der Waals surface area contributed by atoms with Crippen LogP contribution in [0.4, 0.5) is 5.82 Å². The van der Waals surface area contributed by atoms with E-state index >= 15 is 0 Å². The van der Waals surface area contributed by atoms with Crippen molar-refractivity contribution in [3.63, 3.8) is 0 Å². The van der Waals surface area contributed by atoms with Gasteiger partial charge in [-0.25, -0.2) is 0 Å². The average Bonchev–Trinajstić information content (AvgIpc) is 2.40. The topological polar surface area (TPSA) is 52.7 Å². The lowest BCUT2D eigenvalue weighted by Gasteiger charge is -2.04. The summed E-state index contributed by atoms with van der Waals surface area (Å²) in [6.07, 6.45) is 1.66. The van der Waals surface area contributed by atoms with E-state index in [1.165, 1.54) is 0 Å². The molecule has 0 atom stereocenters. The van der Waals surface area contributed by atoms with Gasteiger partial charge in [-0.05, 0) is 19.1 Å². The van der Waals surface area contributed by atoms with Gasteiger partial charge in [0, 0.05) is 12.6 Å². The molecule has 0 aromatic carbocycles. The molecule has 0 fully saturated rings. The zero-order valence-corrected chi connectivity index (χ0v) is 7.03. The van der Waals surface area contributed by atoms with Crippen LogP contribution in [0.15, 0.2) is 12.3 Å². The maximum atomic E-state index is 4.93. The van der Waals surface area contributed by atoms with Gasteiger partial charge in [0.25, 0.3) is 0 Å². The summed E-state index contributed by atoms with van der Waals surface area (Å²) in [6.45, 7) is 2.81. The normalized spacial score (nSPS) is 9.18. The fourth-order valence-corrected chi connectivity index (χ4v) is 0.907. The molecule has 1 heterocycles. The van der Waals surface area contributed by atoms with Gasteiger partial charge in [-0.2, -0.15) is 5.10 Å². The number of thiocarbonyl (C=S) groups is 1. The molecule has 1 aromatic rings. The zero-order valence-electron chi connectivity index (χ0n) is 6.22. The SMILES string of the molecule is CCNC(=S)Nc1ccn[nH]1. The molecule has 0 unspecified atom stereocenters. The molecule has 0 saturated heterocycles. The molecule has 11 heavy (non-hydrogen) atoms. The third-order valence-corrected chi connectivity index (χ3v) is 1.33. The van der Waals surface area contributed by atoms with Gasteiger partial charge in [0.1, 0.15) is 5.82 Å². The van der Waals surface area contributed by atoms with Gasteiger partial charge in [-0.15, -0.1) is 0 Å². The smallest absolute Gasteiger partial charge is 0.171 e. The van der Waals surface area contributed by atoms with E-state index in [0.29, 0.717) is 5.11 Å². The Bertz CT molecular complexity index is 218. The first-order valence-corrected chi connectivity index (χ1v) is 3.78. The van der Waals surface area contributed by atoms with Crippen LogP contribution < -0.4 is 10.6 Å². The van der Waals surface area contributed by atoms with Gasteiger partial charge in [-0.3, -0.25) is 5.10 Å². The van der Waals surface area contributed by atoms with Gasteiger partial charge in [0.2, 0.25) is 0 Å². The highest BCUT2D eigenvalue weighted by molar-refractivity contribution is 7.80. The minimum atomic E-state index is 0.608. The maximum absolute atomic E-state index is 4.93. The van der Waals surface area contributed by atoms with Crippen LogP contribution in [-0.2, 0) is 0 Å². The molecular weight excluding hydrogens is 160 g/mol. The molecule has 4 nitrogen and oxygen atoms in total. The summed E-state index contributed by atoms with van der Waals surface area (Å²) in [6, 6.07) is 1.81. The predicted molar refractivity (Wildman–Crippen MR) is 48.5 cm³/mol. The number of anilines is 1. The Morgan fingerprint density at radius 3 is 3.18 bits per heavy atom. The number of aromatic amines is 1. The summed E-state index contributed by atoms with van der Waals surface area (Å²) >= 11 is 4.93. The van der Waals surface area contributed by atoms with Crippen LogP contribution in [0.25, 0.3) is 0 Å². The minimum Gasteiger partial charge on any atom is -0.363 e. The molecule has 60 valence electrons. The Balaban J connectivity index is 2.37. The lowest BCUT2D eigenvalue weighted by Crippen LogP contribution is -2.27. The highest BCUT2D eigenvalue weighted by Crippen LogP contribution is 1.96. The fourth-order valence-electron chi connectivity index (χ4n) is 0.653. The van der Waals surface area contributed by atoms with E-state index in [-0.39, 0.29) is 0 Å². The van der Waals surface area contributed by atoms with Crippen molar-refractivity contribution in [2.45, 2.75) is 6.92 Å². The second kappa shape index (κ2) is 3.92. The van der Waals surface area contributed by atoms with Gasteiger partial charge in [0.05, 0.1) is 6.20 Å². The van der Waals surface area contributed by atoms with Crippen LogP contribution in [0.5, 0.6) is 0 Å². The summed E-state index contributed by atoms with van der Waals surface area (Å²) in [4.78, 5) is 0. The van der Waals surface area contributed by atoms with Crippen LogP contribution in [-0.4, -0.2) is 21.9 Å². The van der Waals surface area contributed by atoms with E-state index in [4.69, 9.17) is 12.2 Å². The molecule has 0 bridgehead atoms. The molecular formula is C6H10N4S. The summed E-state index contributed by atoms with van der Waals surface area (Å²) < 4.78 is 0. The molecule has 0 aliphatic rings. The zero-order chi connectivity index (χ0) is 8.10. The standard InChI is InChI=1S/C6H10N4S/c1-2-7-6(11)9-5-3-4-8-10-5/h3-4H,2H2,1H3,(H3,7,8,9,10,11). The van der Waals surface area contributed by atoms with Crippen molar-refractivity contribution in [1.29, 1.82) is 0 Å². The third kappa shape index (κ3) is 2.55. The number of nitrogens with one attached hydrogen (secondary N) is 3. The molecule has 0 spiro atoms. The van der Waals surface area contributed by atoms with Crippen LogP contribution >= 0.6 is 12.2 Å². The Hall–Kier alpha value is -1.10. The number of rotatable bonds is 2. The second-order valence-corrected chi connectivity index (χ2v) is 2.36. The molecule has 5 heteroatoms. The number of aromatic nitrogens is 2. The van der Waals surface area contributed by atoms with Crippen LogP contribution in [0.2, 0.25) is 0 Å². The fraction of sp³-hybridized carbons (Fsp3) is 0.333. The van der Waals surface area contributed by atoms with E-state index in [1.54, 1.807) is 6.20 Å². The second-order valence-electron chi connectivity index (χ2n) is 1.95. The van der Waals surface area contributed by atoms with Crippen molar-refractivity contribution in [3.8, 4) is 0 Å². The molecule has 0 saturated carbocycles. The van der Waals surface area contributed by atoms with E-state index < -0.39 is 0 Å². The number of hydrogen-bond donors (Lipinski definition) is 3. The number of nitrogens with zero attached hydrogens (tertiary/aromatic N) is 1. The summed E-state index contributed by atoms with van der Waals surface area (Å²) in [5, 5.41) is 13.0. The quantitative estimate of drug-likeness (QED) is 0.572. The Kier molecular flexibility index (Phi) is 2.85. The van der Waals surface area contributed by atoms with Crippen molar-refractivity contribution >= 4 is 23.1 Å². The van der Waals surface area contributed by atoms with E-state index in [9.17, 15) is 0 Å². The first-order valence-electron chi connectivity index (χ1n) is 3.37. The molecule has 0 aliphatic carbocycles. The lowest BCUT2D eigenvalue weighted by atomic mass is 10.6. The predicted octanol–water partition coefficient (Wildman–Crippen LogP) is 0.716. The number of hydrogen-bond acceptors (Lipinski definition) is 2. The Morgan fingerprint density at radius 1 is 1.82 bits per heavy atom. The van der Waals surface area contributed by atoms with E-state index in [2.05, 4.69) is 20.8 Å². The summed E-state index contributed by atoms with van der Waals surface area (Å²) in [5.41, 5.74) is 0. The van der Waals surface area contributed by atoms with Crippen molar-refractivity contribution in [1.82, 2.24) is 15.5 Å². The maximum Gasteiger partial charge on any atom is 0.171 e. The molecule has 1 rings (SSSR count). The molecule has 1 aromatic heterocycles. The lowest BCUT2D eigenvalue weighted by molar-refractivity contribution is 0.976. The summed E-state index contributed by atoms with van der Waals surface area (Å²) in [7, 11) is 0. The van der Waals surface area contributed by atoms with Gasteiger partial charge in [0.15, 0.2) is 5.11 Å². The first-order chi connectivity index (χ1) is 5.33. The van der Waals surface area contributed by atoms with E-state index in [0.717, 1.165) is 12.4 Å². The van der Waals surface area contributed by atoms with Crippen LogP contribution in [0, 0.1) is 0 Å². The largest absolute Gasteiger partial charge is 0.363 e. The number of H-pyrrole nitrogens is 1. The van der Waals surface area contributed by atoms with Crippen molar-refractivity contribution in [2.24, 2.45) is 0 Å². The van der Waals surface area contributed by atoms with Crippen molar-refractivity contribution < 1.29 is 0 Å². The Labute approximate surface area is 70.4 Å². The summed E-state index contributed by atoms with van der Waals surface area (Å²) in [5.74, 6) is 0.802. The van der Waals surface area contributed by atoms with Crippen LogP contribution in [0.3, 0.4) is 0 Å². The molecule has 0 aliphatic heterocycles. The van der Waals surface area contributed by atoms with E-state index in [1.807, 2.05) is 13.0 Å². The monoisotopic (exact) mass is 170 g/mol. The van der Waals surface area contributed by atoms with Crippen molar-refractivity contribution in [2.75, 3.05) is 11.9 Å². The van der Waals surface area contributed by atoms with Crippen LogP contribution in [0.1, 0.15) is 6.92 Å². The minimum absolute atomic E-state index is 0.608. The molecule has 3 N–H and O–H groups in total.